The van der Waals surface area contributed by atoms with Crippen LogP contribution in [0.3, 0.4) is 0 Å². The van der Waals surface area contributed by atoms with Crippen molar-refractivity contribution in [1.29, 1.82) is 0 Å². The Labute approximate surface area is 144 Å². The van der Waals surface area contributed by atoms with Crippen molar-refractivity contribution >= 4 is 29.2 Å². The average Bonchev–Trinajstić information content (AvgIpc) is 2.61. The third-order valence-electron chi connectivity index (χ3n) is 3.08. The molecule has 126 valence electrons. The smallest absolute Gasteiger partial charge is 0.339 e. The van der Waals surface area contributed by atoms with Gasteiger partial charge >= 0.3 is 5.97 Å². The van der Waals surface area contributed by atoms with Crippen LogP contribution < -0.4 is 14.8 Å². The van der Waals surface area contributed by atoms with Gasteiger partial charge in [-0.25, -0.2) is 4.79 Å². The summed E-state index contributed by atoms with van der Waals surface area (Å²) in [5.74, 6) is 0.0201. The lowest BCUT2D eigenvalue weighted by molar-refractivity contribution is -0.118. The first kappa shape index (κ1) is 17.6. The number of hydrogen-bond acceptors (Lipinski definition) is 5. The van der Waals surface area contributed by atoms with Gasteiger partial charge in [-0.3, -0.25) is 4.79 Å². The zero-order chi connectivity index (χ0) is 17.5. The fourth-order valence-electron chi connectivity index (χ4n) is 1.95. The van der Waals surface area contributed by atoms with Gasteiger partial charge in [0, 0.05) is 5.69 Å². The third kappa shape index (κ3) is 4.39. The second-order valence-electron chi connectivity index (χ2n) is 4.67. The lowest BCUT2D eigenvalue weighted by atomic mass is 10.2. The van der Waals surface area contributed by atoms with Crippen molar-refractivity contribution in [3.05, 3.63) is 53.1 Å². The Hall–Kier alpha value is -2.73. The number of halogens is 1. The Kier molecular flexibility index (Phi) is 6.03. The zero-order valence-electron chi connectivity index (χ0n) is 13.2. The average molecular weight is 350 g/mol. The summed E-state index contributed by atoms with van der Waals surface area (Å²) in [6.45, 7) is -0.212. The highest BCUT2D eigenvalue weighted by Gasteiger charge is 2.13. The molecule has 2 rings (SSSR count). The Morgan fingerprint density at radius 2 is 1.79 bits per heavy atom. The number of benzene rings is 2. The lowest BCUT2D eigenvalue weighted by Gasteiger charge is -2.11. The molecular weight excluding hydrogens is 334 g/mol. The van der Waals surface area contributed by atoms with E-state index in [9.17, 15) is 9.59 Å². The van der Waals surface area contributed by atoms with Gasteiger partial charge in [0.25, 0.3) is 5.91 Å². The topological polar surface area (TPSA) is 73.9 Å². The molecule has 1 N–H and O–H groups in total. The fraction of sp³-hybridized carbons (Fsp3) is 0.176. The van der Waals surface area contributed by atoms with Gasteiger partial charge in [-0.2, -0.15) is 0 Å². The Bertz CT molecular complexity index is 748. The Morgan fingerprint density at radius 1 is 1.08 bits per heavy atom. The molecule has 0 aliphatic carbocycles. The fourth-order valence-corrected chi connectivity index (χ4v) is 2.14. The summed E-state index contributed by atoms with van der Waals surface area (Å²) in [4.78, 5) is 23.6. The molecule has 24 heavy (non-hydrogen) atoms. The lowest BCUT2D eigenvalue weighted by Crippen LogP contribution is -2.20. The number of anilines is 1. The molecule has 0 aromatic heterocycles. The monoisotopic (exact) mass is 349 g/mol. The molecule has 0 aliphatic rings. The van der Waals surface area contributed by atoms with E-state index in [0.29, 0.717) is 17.2 Å². The van der Waals surface area contributed by atoms with E-state index in [4.69, 9.17) is 21.1 Å². The van der Waals surface area contributed by atoms with Crippen molar-refractivity contribution in [1.82, 2.24) is 0 Å². The van der Waals surface area contributed by atoms with Gasteiger partial charge in [-0.1, -0.05) is 23.7 Å². The number of rotatable bonds is 6. The van der Waals surface area contributed by atoms with Gasteiger partial charge in [0.2, 0.25) is 0 Å². The molecule has 0 aliphatic heterocycles. The number of hydrogen-bond donors (Lipinski definition) is 1. The molecule has 0 unspecified atom stereocenters. The van der Waals surface area contributed by atoms with E-state index in [2.05, 4.69) is 10.1 Å². The molecule has 0 saturated carbocycles. The van der Waals surface area contributed by atoms with Crippen LogP contribution in [0, 0.1) is 0 Å². The summed E-state index contributed by atoms with van der Waals surface area (Å²) in [5.41, 5.74) is 0.580. The zero-order valence-corrected chi connectivity index (χ0v) is 13.9. The summed E-state index contributed by atoms with van der Waals surface area (Å²) in [7, 11) is 2.77. The first-order chi connectivity index (χ1) is 11.5. The number of para-hydroxylation sites is 2. The van der Waals surface area contributed by atoms with Crippen molar-refractivity contribution < 1.29 is 23.8 Å². The third-order valence-corrected chi connectivity index (χ3v) is 3.41. The standard InChI is InChI=1S/C17H16ClNO5/c1-22-14-5-3-4-6-15(14)24-10-16(20)19-11-7-8-13(18)12(9-11)17(21)23-2/h3-9H,10H2,1-2H3,(H,19,20). The molecular formula is C17H16ClNO5. The van der Waals surface area contributed by atoms with Crippen molar-refractivity contribution in [3.63, 3.8) is 0 Å². The predicted molar refractivity (Wildman–Crippen MR) is 89.9 cm³/mol. The number of esters is 1. The minimum Gasteiger partial charge on any atom is -0.493 e. The molecule has 0 atom stereocenters. The minimum atomic E-state index is -0.582. The van der Waals surface area contributed by atoms with Crippen molar-refractivity contribution in [2.75, 3.05) is 26.1 Å². The first-order valence-corrected chi connectivity index (χ1v) is 7.36. The number of ether oxygens (including phenoxy) is 3. The Balaban J connectivity index is 2.01. The summed E-state index contributed by atoms with van der Waals surface area (Å²) in [6.07, 6.45) is 0. The maximum Gasteiger partial charge on any atom is 0.339 e. The number of carbonyl (C=O) groups is 2. The van der Waals surface area contributed by atoms with Crippen LogP contribution in [0.4, 0.5) is 5.69 Å². The van der Waals surface area contributed by atoms with Crippen LogP contribution in [-0.2, 0) is 9.53 Å². The maximum atomic E-state index is 12.0. The molecule has 0 heterocycles. The number of methoxy groups -OCH3 is 2. The Morgan fingerprint density at radius 3 is 2.46 bits per heavy atom. The molecule has 0 bridgehead atoms. The van der Waals surface area contributed by atoms with E-state index in [1.54, 1.807) is 30.3 Å². The molecule has 0 fully saturated rings. The normalized spacial score (nSPS) is 9.96. The quantitative estimate of drug-likeness (QED) is 0.811. The molecule has 7 heteroatoms. The largest absolute Gasteiger partial charge is 0.493 e. The number of amides is 1. The highest BCUT2D eigenvalue weighted by Crippen LogP contribution is 2.26. The number of nitrogens with one attached hydrogen (secondary N) is 1. The van der Waals surface area contributed by atoms with Gasteiger partial charge in [0.05, 0.1) is 24.8 Å². The van der Waals surface area contributed by atoms with Gasteiger partial charge in [0.15, 0.2) is 18.1 Å². The van der Waals surface area contributed by atoms with Crippen LogP contribution in [0.15, 0.2) is 42.5 Å². The number of carbonyl (C=O) groups excluding carboxylic acids is 2. The minimum absolute atomic E-state index is 0.169. The molecule has 2 aromatic carbocycles. The van der Waals surface area contributed by atoms with Crippen LogP contribution in [0.25, 0.3) is 0 Å². The van der Waals surface area contributed by atoms with Crippen LogP contribution >= 0.6 is 11.6 Å². The van der Waals surface area contributed by atoms with E-state index in [1.807, 2.05) is 0 Å². The first-order valence-electron chi connectivity index (χ1n) is 6.98. The predicted octanol–water partition coefficient (Wildman–Crippen LogP) is 3.15. The molecule has 1 amide bonds. The second-order valence-corrected chi connectivity index (χ2v) is 5.08. The highest BCUT2D eigenvalue weighted by molar-refractivity contribution is 6.33. The second kappa shape index (κ2) is 8.21. The van der Waals surface area contributed by atoms with Gasteiger partial charge < -0.3 is 19.5 Å². The molecule has 6 nitrogen and oxygen atoms in total. The van der Waals surface area contributed by atoms with Gasteiger partial charge in [-0.05, 0) is 30.3 Å². The molecule has 2 aromatic rings. The van der Waals surface area contributed by atoms with Crippen molar-refractivity contribution in [2.45, 2.75) is 0 Å². The van der Waals surface area contributed by atoms with E-state index < -0.39 is 5.97 Å². The highest BCUT2D eigenvalue weighted by atomic mass is 35.5. The van der Waals surface area contributed by atoms with E-state index >= 15 is 0 Å². The summed E-state index contributed by atoms with van der Waals surface area (Å²) >= 11 is 5.93. The van der Waals surface area contributed by atoms with Crippen molar-refractivity contribution in [2.24, 2.45) is 0 Å². The molecule has 0 radical (unpaired) electrons. The van der Waals surface area contributed by atoms with Crippen LogP contribution in [0.5, 0.6) is 11.5 Å². The summed E-state index contributed by atoms with van der Waals surface area (Å²) < 4.78 is 15.2. The molecule has 0 spiro atoms. The van der Waals surface area contributed by atoms with Crippen LogP contribution in [0.1, 0.15) is 10.4 Å². The maximum absolute atomic E-state index is 12.0. The van der Waals surface area contributed by atoms with Crippen LogP contribution in [-0.4, -0.2) is 32.7 Å². The van der Waals surface area contributed by atoms with E-state index in [-0.39, 0.29) is 23.1 Å². The summed E-state index contributed by atoms with van der Waals surface area (Å²) in [6, 6.07) is 11.5. The molecule has 0 saturated heterocycles. The SMILES string of the molecule is COC(=O)c1cc(NC(=O)COc2ccccc2OC)ccc1Cl. The van der Waals surface area contributed by atoms with Crippen molar-refractivity contribution in [3.8, 4) is 11.5 Å². The van der Waals surface area contributed by atoms with E-state index in [0.717, 1.165) is 0 Å². The summed E-state index contributed by atoms with van der Waals surface area (Å²) in [5, 5.41) is 2.87. The van der Waals surface area contributed by atoms with E-state index in [1.165, 1.54) is 26.4 Å². The van der Waals surface area contributed by atoms with Gasteiger partial charge in [-0.15, -0.1) is 0 Å². The van der Waals surface area contributed by atoms with Crippen LogP contribution in [0.2, 0.25) is 5.02 Å². The van der Waals surface area contributed by atoms with Gasteiger partial charge in [0.1, 0.15) is 0 Å².